The molecule has 0 atom stereocenters. The molecule has 94 valence electrons. The highest BCUT2D eigenvalue weighted by Gasteiger charge is 2.13. The Morgan fingerprint density at radius 2 is 2.06 bits per heavy atom. The van der Waals surface area contributed by atoms with Crippen LogP contribution in [0.2, 0.25) is 0 Å². The summed E-state index contributed by atoms with van der Waals surface area (Å²) in [5.74, 6) is 0. The van der Waals surface area contributed by atoms with Crippen LogP contribution in [0, 0.1) is 0 Å². The first kappa shape index (κ1) is 13.5. The van der Waals surface area contributed by atoms with Gasteiger partial charge < -0.3 is 11.1 Å². The summed E-state index contributed by atoms with van der Waals surface area (Å²) in [7, 11) is -3.77. The van der Waals surface area contributed by atoms with E-state index in [0.717, 1.165) is 5.57 Å². The van der Waals surface area contributed by atoms with Gasteiger partial charge in [-0.1, -0.05) is 11.6 Å². The molecule has 0 aromatic heterocycles. The van der Waals surface area contributed by atoms with E-state index in [0.29, 0.717) is 17.9 Å². The van der Waals surface area contributed by atoms with Crippen molar-refractivity contribution >= 4 is 21.4 Å². The van der Waals surface area contributed by atoms with Crippen molar-refractivity contribution in [2.45, 2.75) is 18.7 Å². The predicted molar refractivity (Wildman–Crippen MR) is 70.1 cm³/mol. The van der Waals surface area contributed by atoms with Crippen molar-refractivity contribution in [3.63, 3.8) is 0 Å². The van der Waals surface area contributed by atoms with Gasteiger partial charge in [0.25, 0.3) is 0 Å². The molecule has 0 saturated carbocycles. The Morgan fingerprint density at radius 3 is 2.59 bits per heavy atom. The lowest BCUT2D eigenvalue weighted by molar-refractivity contribution is 0.598. The van der Waals surface area contributed by atoms with Gasteiger partial charge in [0.15, 0.2) is 0 Å². The number of allylic oxidation sites excluding steroid dienone is 1. The average molecular weight is 255 g/mol. The van der Waals surface area contributed by atoms with Crippen LogP contribution in [0.1, 0.15) is 13.8 Å². The molecule has 0 heterocycles. The van der Waals surface area contributed by atoms with Gasteiger partial charge in [-0.2, -0.15) is 0 Å². The van der Waals surface area contributed by atoms with E-state index >= 15 is 0 Å². The Hall–Kier alpha value is -1.53. The highest BCUT2D eigenvalue weighted by atomic mass is 32.2. The Bertz CT molecular complexity index is 532. The molecule has 0 bridgehead atoms. The molecule has 1 rings (SSSR count). The number of hydrogen-bond donors (Lipinski definition) is 3. The summed E-state index contributed by atoms with van der Waals surface area (Å²) in [6.45, 7) is 4.46. The van der Waals surface area contributed by atoms with E-state index in [1.165, 1.54) is 6.07 Å². The molecule has 0 saturated heterocycles. The van der Waals surface area contributed by atoms with E-state index in [4.69, 9.17) is 10.9 Å². The maximum Gasteiger partial charge on any atom is 0.240 e. The van der Waals surface area contributed by atoms with Gasteiger partial charge in [0, 0.05) is 12.2 Å². The fraction of sp³-hybridized carbons (Fsp3) is 0.273. The number of anilines is 2. The molecule has 5 nitrogen and oxygen atoms in total. The Balaban J connectivity index is 3.04. The zero-order chi connectivity index (χ0) is 13.1. The van der Waals surface area contributed by atoms with Crippen LogP contribution in [0.3, 0.4) is 0 Å². The summed E-state index contributed by atoms with van der Waals surface area (Å²) in [6.07, 6.45) is 1.95. The highest BCUT2D eigenvalue weighted by molar-refractivity contribution is 7.89. The molecule has 6 heteroatoms. The van der Waals surface area contributed by atoms with Gasteiger partial charge in [-0.3, -0.25) is 0 Å². The number of nitrogens with two attached hydrogens (primary N) is 2. The monoisotopic (exact) mass is 255 g/mol. The van der Waals surface area contributed by atoms with E-state index in [-0.39, 0.29) is 4.90 Å². The maximum atomic E-state index is 11.4. The van der Waals surface area contributed by atoms with Crippen molar-refractivity contribution in [2.75, 3.05) is 17.6 Å². The quantitative estimate of drug-likeness (QED) is 0.557. The molecule has 0 aliphatic heterocycles. The molecule has 0 radical (unpaired) electrons. The third-order valence-electron chi connectivity index (χ3n) is 2.12. The van der Waals surface area contributed by atoms with Gasteiger partial charge in [-0.05, 0) is 32.0 Å². The molecule has 0 aliphatic carbocycles. The molecule has 1 aromatic carbocycles. The van der Waals surface area contributed by atoms with Crippen molar-refractivity contribution < 1.29 is 8.42 Å². The van der Waals surface area contributed by atoms with Crippen molar-refractivity contribution in [1.29, 1.82) is 0 Å². The lowest BCUT2D eigenvalue weighted by Crippen LogP contribution is -2.15. The molecular formula is C11H17N3O2S. The van der Waals surface area contributed by atoms with Gasteiger partial charge >= 0.3 is 0 Å². The summed E-state index contributed by atoms with van der Waals surface area (Å²) in [6, 6.07) is 4.58. The Kier molecular flexibility index (Phi) is 4.14. The van der Waals surface area contributed by atoms with E-state index in [2.05, 4.69) is 5.32 Å². The molecule has 0 spiro atoms. The van der Waals surface area contributed by atoms with Crippen molar-refractivity contribution in [2.24, 2.45) is 5.14 Å². The zero-order valence-electron chi connectivity index (χ0n) is 9.90. The van der Waals surface area contributed by atoms with Gasteiger partial charge in [-0.25, -0.2) is 13.6 Å². The van der Waals surface area contributed by atoms with E-state index in [1.54, 1.807) is 12.1 Å². The van der Waals surface area contributed by atoms with Crippen LogP contribution >= 0.6 is 0 Å². The van der Waals surface area contributed by atoms with E-state index < -0.39 is 10.0 Å². The van der Waals surface area contributed by atoms with Crippen LogP contribution in [-0.4, -0.2) is 15.0 Å². The molecular weight excluding hydrogens is 238 g/mol. The molecule has 1 aromatic rings. The molecule has 0 aliphatic rings. The van der Waals surface area contributed by atoms with E-state index in [1.807, 2.05) is 19.9 Å². The second-order valence-electron chi connectivity index (χ2n) is 3.96. The van der Waals surface area contributed by atoms with Crippen LogP contribution in [0.15, 0.2) is 34.7 Å². The second kappa shape index (κ2) is 5.20. The Morgan fingerprint density at radius 1 is 1.41 bits per heavy atom. The summed E-state index contributed by atoms with van der Waals surface area (Å²) < 4.78 is 22.7. The largest absolute Gasteiger partial charge is 0.399 e. The predicted octanol–water partition coefficient (Wildman–Crippen LogP) is 1.29. The standard InChI is InChI=1S/C11H17N3O2S/c1-8(2)5-6-14-10-4-3-9(12)7-11(10)17(13,15)16/h3-5,7,14H,6,12H2,1-2H3,(H2,13,15,16). The average Bonchev–Trinajstić information content (AvgIpc) is 2.18. The summed E-state index contributed by atoms with van der Waals surface area (Å²) in [4.78, 5) is 0.0136. The van der Waals surface area contributed by atoms with E-state index in [9.17, 15) is 8.42 Å². The third-order valence-corrected chi connectivity index (χ3v) is 3.07. The first-order valence-corrected chi connectivity index (χ1v) is 6.65. The van der Waals surface area contributed by atoms with Crippen LogP contribution in [0.25, 0.3) is 0 Å². The summed E-state index contributed by atoms with van der Waals surface area (Å²) >= 11 is 0. The molecule has 17 heavy (non-hydrogen) atoms. The van der Waals surface area contributed by atoms with Crippen molar-refractivity contribution in [1.82, 2.24) is 0 Å². The molecule has 0 amide bonds. The highest BCUT2D eigenvalue weighted by Crippen LogP contribution is 2.22. The third kappa shape index (κ3) is 4.08. The number of nitrogen functional groups attached to an aromatic ring is 1. The van der Waals surface area contributed by atoms with Gasteiger partial charge in [0.1, 0.15) is 4.90 Å². The van der Waals surface area contributed by atoms with Gasteiger partial charge in [0.2, 0.25) is 10.0 Å². The SMILES string of the molecule is CC(C)=CCNc1ccc(N)cc1S(N)(=O)=O. The topological polar surface area (TPSA) is 98.2 Å². The minimum atomic E-state index is -3.77. The molecule has 0 unspecified atom stereocenters. The number of sulfonamides is 1. The van der Waals surface area contributed by atoms with Crippen molar-refractivity contribution in [3.05, 3.63) is 29.8 Å². The number of primary sulfonamides is 1. The number of hydrogen-bond acceptors (Lipinski definition) is 4. The summed E-state index contributed by atoms with van der Waals surface area (Å²) in [5, 5.41) is 8.11. The van der Waals surface area contributed by atoms with Crippen LogP contribution < -0.4 is 16.2 Å². The fourth-order valence-electron chi connectivity index (χ4n) is 1.29. The smallest absolute Gasteiger partial charge is 0.240 e. The lowest BCUT2D eigenvalue weighted by Gasteiger charge is -2.10. The number of rotatable bonds is 4. The lowest BCUT2D eigenvalue weighted by atomic mass is 10.2. The van der Waals surface area contributed by atoms with Crippen LogP contribution in [0.5, 0.6) is 0 Å². The minimum absolute atomic E-state index is 0.0136. The van der Waals surface area contributed by atoms with Gasteiger partial charge in [0.05, 0.1) is 5.69 Å². The first-order valence-electron chi connectivity index (χ1n) is 5.10. The molecule has 5 N–H and O–H groups in total. The summed E-state index contributed by atoms with van der Waals surface area (Å²) in [5.41, 5.74) is 7.51. The number of nitrogens with one attached hydrogen (secondary N) is 1. The minimum Gasteiger partial charge on any atom is -0.399 e. The first-order chi connectivity index (χ1) is 7.80. The van der Waals surface area contributed by atoms with Gasteiger partial charge in [-0.15, -0.1) is 0 Å². The van der Waals surface area contributed by atoms with Crippen LogP contribution in [0.4, 0.5) is 11.4 Å². The molecule has 0 fully saturated rings. The normalized spacial score (nSPS) is 11.0. The number of benzene rings is 1. The Labute approximate surface area is 102 Å². The van der Waals surface area contributed by atoms with Crippen molar-refractivity contribution in [3.8, 4) is 0 Å². The maximum absolute atomic E-state index is 11.4. The zero-order valence-corrected chi connectivity index (χ0v) is 10.7. The fourth-order valence-corrected chi connectivity index (χ4v) is 2.03. The van der Waals surface area contributed by atoms with Crippen LogP contribution in [-0.2, 0) is 10.0 Å². The second-order valence-corrected chi connectivity index (χ2v) is 5.49.